The van der Waals surface area contributed by atoms with Crippen molar-refractivity contribution in [2.45, 2.75) is 63.4 Å². The fourth-order valence-electron chi connectivity index (χ4n) is 7.94. The Hall–Kier alpha value is -3.77. The minimum absolute atomic E-state index is 0.0862. The summed E-state index contributed by atoms with van der Waals surface area (Å²) in [5, 5.41) is 69.3. The average molecular weight is 566 g/mol. The lowest BCUT2D eigenvalue weighted by molar-refractivity contribution is -0.193. The highest BCUT2D eigenvalue weighted by molar-refractivity contribution is 6.23. The number of carbonyl (C=O) groups excluding carboxylic acids is 3. The van der Waals surface area contributed by atoms with Crippen LogP contribution in [0.4, 0.5) is 0 Å². The molecule has 0 aliphatic heterocycles. The summed E-state index contributed by atoms with van der Waals surface area (Å²) in [4.78, 5) is 38.9. The van der Waals surface area contributed by atoms with E-state index in [2.05, 4.69) is 6.08 Å². The molecule has 1 spiro atoms. The first kappa shape index (κ1) is 27.4. The number of ketones is 2. The normalized spacial score (nSPS) is 34.9. The average Bonchev–Trinajstić information content (AvgIpc) is 3.24. The molecule has 6 rings (SSSR count). The van der Waals surface area contributed by atoms with E-state index >= 15 is 0 Å². The second-order valence-electron chi connectivity index (χ2n) is 12.2. The lowest BCUT2D eigenvalue weighted by Crippen LogP contribution is -2.70. The van der Waals surface area contributed by atoms with E-state index in [0.717, 1.165) is 18.4 Å². The fraction of sp³-hybridized carbons (Fsp3) is 0.433. The van der Waals surface area contributed by atoms with Crippen LogP contribution in [0.1, 0.15) is 73.7 Å². The first-order valence-corrected chi connectivity index (χ1v) is 13.2. The molecule has 0 aromatic heterocycles. The number of ether oxygens (including phenoxy) is 1. The monoisotopic (exact) mass is 565 g/mol. The Balaban J connectivity index is 1.83. The summed E-state index contributed by atoms with van der Waals surface area (Å²) in [6, 6.07) is 0. The molecule has 216 valence electrons. The topological polar surface area (TPSA) is 208 Å². The lowest BCUT2D eigenvalue weighted by Gasteiger charge is -2.50. The SMILES string of the molecule is COC1=CC(O)c2c(O)c3c(c4c2=C1[C@@]1(C=4)C(C)=CCCC1(C)C)[C@H](O)[C@@]1(O)CC(=O)C(C(N)=O)=C(O)[C@@]1(O)C3=O. The van der Waals surface area contributed by atoms with Crippen LogP contribution in [0.25, 0.3) is 11.6 Å². The molecule has 1 amide bonds. The minimum Gasteiger partial charge on any atom is -0.508 e. The summed E-state index contributed by atoms with van der Waals surface area (Å²) in [6.45, 7) is 6.03. The van der Waals surface area contributed by atoms with Crippen molar-refractivity contribution in [2.24, 2.45) is 16.6 Å². The summed E-state index contributed by atoms with van der Waals surface area (Å²) in [6.07, 6.45) is 1.95. The first-order valence-electron chi connectivity index (χ1n) is 13.2. The van der Waals surface area contributed by atoms with Gasteiger partial charge in [-0.2, -0.15) is 0 Å². The Morgan fingerprint density at radius 1 is 1.12 bits per heavy atom. The number of amides is 1. The van der Waals surface area contributed by atoms with Gasteiger partial charge in [0.2, 0.25) is 11.4 Å². The van der Waals surface area contributed by atoms with Crippen molar-refractivity contribution < 1.29 is 49.8 Å². The number of primary amides is 1. The van der Waals surface area contributed by atoms with Gasteiger partial charge in [0.05, 0.1) is 12.7 Å². The van der Waals surface area contributed by atoms with Gasteiger partial charge in [0, 0.05) is 28.5 Å². The van der Waals surface area contributed by atoms with Crippen molar-refractivity contribution in [2.75, 3.05) is 7.11 Å². The standard InChI is InChI=1S/C30H31NO10/c1-11-6-5-7-27(2,3)28(11)9-12-16-18(13(32)8-15(41-4)21(16)28)22(34)20-17(12)23(35)29(39)10-14(33)19(26(31)38)24(36)30(29,40)25(20)37/h6,8-9,13,23,32,34-36,39-40H,5,7,10H2,1-4H3,(H2,31,38)/t13?,23-,28+,29-,30+/m0/s1. The second kappa shape index (κ2) is 7.95. The van der Waals surface area contributed by atoms with Gasteiger partial charge >= 0.3 is 0 Å². The molecule has 1 aromatic rings. The molecule has 5 atom stereocenters. The maximum absolute atomic E-state index is 14.1. The largest absolute Gasteiger partial charge is 0.508 e. The molecule has 5 aliphatic carbocycles. The summed E-state index contributed by atoms with van der Waals surface area (Å²) in [7, 11) is 1.44. The molecule has 8 N–H and O–H groups in total. The summed E-state index contributed by atoms with van der Waals surface area (Å²) in [5.74, 6) is -6.09. The molecule has 0 saturated carbocycles. The number of phenolic OH excluding ortho intramolecular Hbond substituents is 1. The molecule has 1 aromatic carbocycles. The smallest absolute Gasteiger partial charge is 0.255 e. The highest BCUT2D eigenvalue weighted by Crippen LogP contribution is 2.61. The minimum atomic E-state index is -3.41. The molecule has 5 aliphatic rings. The Labute approximate surface area is 233 Å². The third-order valence-electron chi connectivity index (χ3n) is 10.0. The maximum atomic E-state index is 14.1. The number of aromatic hydroxyl groups is 1. The number of nitrogens with two attached hydrogens (primary N) is 1. The number of fused-ring (bicyclic) bond motifs is 4. The molecule has 11 heteroatoms. The van der Waals surface area contributed by atoms with Crippen molar-refractivity contribution in [3.05, 3.63) is 61.9 Å². The molecule has 41 heavy (non-hydrogen) atoms. The summed E-state index contributed by atoms with van der Waals surface area (Å²) >= 11 is 0. The van der Waals surface area contributed by atoms with E-state index in [0.29, 0.717) is 16.6 Å². The lowest BCUT2D eigenvalue weighted by atomic mass is 9.54. The van der Waals surface area contributed by atoms with E-state index < -0.39 is 80.8 Å². The van der Waals surface area contributed by atoms with Crippen LogP contribution in [0.5, 0.6) is 5.75 Å². The van der Waals surface area contributed by atoms with Crippen LogP contribution in [-0.4, -0.2) is 66.4 Å². The zero-order valence-corrected chi connectivity index (χ0v) is 22.9. The zero-order chi connectivity index (χ0) is 30.2. The van der Waals surface area contributed by atoms with Crippen molar-refractivity contribution in [1.82, 2.24) is 0 Å². The van der Waals surface area contributed by atoms with Gasteiger partial charge in [-0.1, -0.05) is 31.6 Å². The van der Waals surface area contributed by atoms with E-state index in [1.165, 1.54) is 13.2 Å². The number of benzene rings is 1. The van der Waals surface area contributed by atoms with Gasteiger partial charge in [-0.05, 0) is 41.7 Å². The molecule has 0 fully saturated rings. The van der Waals surface area contributed by atoms with Crippen molar-refractivity contribution >= 4 is 29.1 Å². The number of hydrogen-bond donors (Lipinski definition) is 7. The number of hydrogen-bond acceptors (Lipinski definition) is 10. The quantitative estimate of drug-likeness (QED) is 0.183. The molecule has 11 nitrogen and oxygen atoms in total. The predicted octanol–water partition coefficient (Wildman–Crippen LogP) is -0.371. The van der Waals surface area contributed by atoms with Gasteiger partial charge in [0.25, 0.3) is 5.91 Å². The third kappa shape index (κ3) is 2.80. The second-order valence-corrected chi connectivity index (χ2v) is 12.2. The zero-order valence-electron chi connectivity index (χ0n) is 22.9. The Morgan fingerprint density at radius 3 is 2.37 bits per heavy atom. The molecule has 1 unspecified atom stereocenters. The number of Topliss-reactive ketones (excluding diaryl/α,β-unsaturated/α-hetero) is 2. The van der Waals surface area contributed by atoms with Crippen LogP contribution < -0.4 is 16.2 Å². The fourth-order valence-corrected chi connectivity index (χ4v) is 7.94. The molecule has 0 heterocycles. The van der Waals surface area contributed by atoms with Gasteiger partial charge in [0.1, 0.15) is 34.9 Å². The number of carbonyl (C=O) groups is 3. The van der Waals surface area contributed by atoms with E-state index in [9.17, 15) is 45.0 Å². The van der Waals surface area contributed by atoms with Gasteiger partial charge in [0.15, 0.2) is 11.5 Å². The molecule has 0 bridgehead atoms. The number of rotatable bonds is 2. The van der Waals surface area contributed by atoms with Crippen LogP contribution in [0.2, 0.25) is 0 Å². The highest BCUT2D eigenvalue weighted by Gasteiger charge is 2.70. The van der Waals surface area contributed by atoms with Crippen molar-refractivity contribution in [1.29, 1.82) is 0 Å². The van der Waals surface area contributed by atoms with Crippen LogP contribution in [0, 0.1) is 10.8 Å². The Kier molecular flexibility index (Phi) is 5.31. The van der Waals surface area contributed by atoms with Crippen LogP contribution in [-0.2, 0) is 14.3 Å². The maximum Gasteiger partial charge on any atom is 0.255 e. The van der Waals surface area contributed by atoms with Gasteiger partial charge in [-0.15, -0.1) is 0 Å². The van der Waals surface area contributed by atoms with Crippen LogP contribution in [0.3, 0.4) is 0 Å². The van der Waals surface area contributed by atoms with Crippen LogP contribution in [0.15, 0.2) is 34.8 Å². The summed E-state index contributed by atoms with van der Waals surface area (Å²) in [5.41, 5.74) is -3.20. The highest BCUT2D eigenvalue weighted by atomic mass is 16.5. The van der Waals surface area contributed by atoms with E-state index in [4.69, 9.17) is 10.5 Å². The molecular formula is C30H31NO10. The number of aliphatic hydroxyl groups excluding tert-OH is 3. The summed E-state index contributed by atoms with van der Waals surface area (Å²) < 4.78 is 5.73. The van der Waals surface area contributed by atoms with Crippen molar-refractivity contribution in [3.63, 3.8) is 0 Å². The Morgan fingerprint density at radius 2 is 1.78 bits per heavy atom. The van der Waals surface area contributed by atoms with E-state index in [-0.39, 0.29) is 16.3 Å². The van der Waals surface area contributed by atoms with Gasteiger partial charge in [-0.3, -0.25) is 14.4 Å². The number of methoxy groups -OCH3 is 1. The molecule has 0 radical (unpaired) electrons. The first-order chi connectivity index (χ1) is 19.0. The van der Waals surface area contributed by atoms with E-state index in [1.807, 2.05) is 26.8 Å². The number of allylic oxidation sites excluding steroid dienone is 3. The third-order valence-corrected chi connectivity index (χ3v) is 10.0. The van der Waals surface area contributed by atoms with Crippen LogP contribution >= 0.6 is 0 Å². The number of aliphatic hydroxyl groups is 5. The van der Waals surface area contributed by atoms with Gasteiger partial charge < -0.3 is 41.1 Å². The number of phenols is 1. The molecule has 0 saturated heterocycles. The van der Waals surface area contributed by atoms with Crippen molar-refractivity contribution in [3.8, 4) is 5.75 Å². The molecular weight excluding hydrogens is 534 g/mol. The predicted molar refractivity (Wildman–Crippen MR) is 142 cm³/mol. The Bertz CT molecular complexity index is 1750. The van der Waals surface area contributed by atoms with Gasteiger partial charge in [-0.25, -0.2) is 0 Å². The van der Waals surface area contributed by atoms with E-state index in [1.54, 1.807) is 0 Å².